The highest BCUT2D eigenvalue weighted by Gasteiger charge is 1.98. The van der Waals surface area contributed by atoms with Crippen molar-refractivity contribution in [3.63, 3.8) is 0 Å². The van der Waals surface area contributed by atoms with Crippen LogP contribution in [0.4, 0.5) is 0 Å². The van der Waals surface area contributed by atoms with Crippen molar-refractivity contribution in [3.8, 4) is 0 Å². The Morgan fingerprint density at radius 1 is 0.682 bits per heavy atom. The Bertz CT molecular complexity index is 981. The smallest absolute Gasteiger partial charge is 0.0709 e. The number of fused-ring (bicyclic) bond motifs is 2. The molecule has 22 heavy (non-hydrogen) atoms. The van der Waals surface area contributed by atoms with E-state index in [2.05, 4.69) is 34.2 Å². The number of pyridine rings is 2. The third-order valence-electron chi connectivity index (χ3n) is 3.74. The molecule has 0 saturated heterocycles. The van der Waals surface area contributed by atoms with Crippen LogP contribution in [-0.4, -0.2) is 9.97 Å². The number of aromatic nitrogens is 2. The maximum atomic E-state index is 4.67. The molecule has 0 bridgehead atoms. The van der Waals surface area contributed by atoms with Gasteiger partial charge in [-0.2, -0.15) is 0 Å². The third-order valence-corrected chi connectivity index (χ3v) is 3.74. The largest absolute Gasteiger partial charge is 0.256 e. The predicted octanol–water partition coefficient (Wildman–Crippen LogP) is 4.95. The van der Waals surface area contributed by atoms with Crippen molar-refractivity contribution in [2.24, 2.45) is 0 Å². The topological polar surface area (TPSA) is 25.8 Å². The van der Waals surface area contributed by atoms with Gasteiger partial charge in [0.15, 0.2) is 0 Å². The van der Waals surface area contributed by atoms with Gasteiger partial charge in [-0.25, -0.2) is 4.98 Å². The highest BCUT2D eigenvalue weighted by molar-refractivity contribution is 5.90. The van der Waals surface area contributed by atoms with Crippen molar-refractivity contribution in [1.82, 2.24) is 9.97 Å². The number of para-hydroxylation sites is 2. The number of benzene rings is 2. The highest BCUT2D eigenvalue weighted by atomic mass is 14.7. The minimum absolute atomic E-state index is 0.958. The quantitative estimate of drug-likeness (QED) is 0.519. The van der Waals surface area contributed by atoms with Gasteiger partial charge in [-0.3, -0.25) is 4.98 Å². The second-order valence-electron chi connectivity index (χ2n) is 5.18. The molecule has 0 aliphatic heterocycles. The molecular formula is C20H14N2. The Morgan fingerprint density at radius 2 is 1.50 bits per heavy atom. The molecule has 0 amide bonds. The molecule has 0 aliphatic rings. The first kappa shape index (κ1) is 12.7. The summed E-state index contributed by atoms with van der Waals surface area (Å²) in [6.45, 7) is 0. The summed E-state index contributed by atoms with van der Waals surface area (Å²) in [4.78, 5) is 9.06. The van der Waals surface area contributed by atoms with Crippen LogP contribution in [0.2, 0.25) is 0 Å². The molecule has 0 spiro atoms. The van der Waals surface area contributed by atoms with Crippen molar-refractivity contribution in [1.29, 1.82) is 0 Å². The molecule has 104 valence electrons. The first-order valence-electron chi connectivity index (χ1n) is 7.28. The monoisotopic (exact) mass is 282 g/mol. The minimum atomic E-state index is 0.958. The molecule has 2 aromatic carbocycles. The number of nitrogens with zero attached hydrogens (tertiary/aromatic N) is 2. The molecule has 0 fully saturated rings. The summed E-state index contributed by atoms with van der Waals surface area (Å²) in [5.74, 6) is 0. The summed E-state index contributed by atoms with van der Waals surface area (Å²) in [6, 6.07) is 22.5. The van der Waals surface area contributed by atoms with Gasteiger partial charge in [0.1, 0.15) is 0 Å². The molecule has 2 nitrogen and oxygen atoms in total. The zero-order valence-corrected chi connectivity index (χ0v) is 12.0. The lowest BCUT2D eigenvalue weighted by atomic mass is 10.1. The summed E-state index contributed by atoms with van der Waals surface area (Å²) in [5.41, 5.74) is 4.14. The van der Waals surface area contributed by atoms with Crippen LogP contribution in [0, 0.1) is 0 Å². The standard InChI is InChI=1S/C20H14N2/c1-3-7-19-16(5-1)10-12-17(22-19)11-9-15-13-14-21-20-8-4-2-6-18(15)20/h1-14H. The second kappa shape index (κ2) is 5.41. The Hall–Kier alpha value is -3.00. The van der Waals surface area contributed by atoms with Crippen molar-refractivity contribution in [3.05, 3.63) is 84.2 Å². The SMILES string of the molecule is C(=Cc1ccnc2ccccc12)c1ccc2ccccc2n1. The van der Waals surface area contributed by atoms with Gasteiger partial charge in [0.25, 0.3) is 0 Å². The van der Waals surface area contributed by atoms with Gasteiger partial charge in [-0.1, -0.05) is 48.5 Å². The normalized spacial score (nSPS) is 11.5. The molecule has 2 aromatic heterocycles. The lowest BCUT2D eigenvalue weighted by molar-refractivity contribution is 1.37. The van der Waals surface area contributed by atoms with E-state index < -0.39 is 0 Å². The lowest BCUT2D eigenvalue weighted by Gasteiger charge is -2.01. The fourth-order valence-electron chi connectivity index (χ4n) is 2.61. The van der Waals surface area contributed by atoms with E-state index in [1.807, 2.05) is 60.8 Å². The van der Waals surface area contributed by atoms with Crippen LogP contribution in [0.5, 0.6) is 0 Å². The van der Waals surface area contributed by atoms with Gasteiger partial charge < -0.3 is 0 Å². The van der Waals surface area contributed by atoms with E-state index in [-0.39, 0.29) is 0 Å². The molecule has 2 heterocycles. The van der Waals surface area contributed by atoms with Crippen LogP contribution in [0.25, 0.3) is 34.0 Å². The summed E-state index contributed by atoms with van der Waals surface area (Å²) in [5, 5.41) is 2.32. The number of hydrogen-bond donors (Lipinski definition) is 0. The molecule has 0 radical (unpaired) electrons. The highest BCUT2D eigenvalue weighted by Crippen LogP contribution is 2.19. The van der Waals surface area contributed by atoms with Crippen LogP contribution in [0.1, 0.15) is 11.3 Å². The van der Waals surface area contributed by atoms with Gasteiger partial charge in [0.2, 0.25) is 0 Å². The van der Waals surface area contributed by atoms with Gasteiger partial charge in [-0.15, -0.1) is 0 Å². The fourth-order valence-corrected chi connectivity index (χ4v) is 2.61. The Labute approximate surface area is 128 Å². The average Bonchev–Trinajstić information content (AvgIpc) is 2.60. The van der Waals surface area contributed by atoms with E-state index in [4.69, 9.17) is 0 Å². The average molecular weight is 282 g/mol. The molecule has 4 aromatic rings. The first-order chi connectivity index (χ1) is 10.9. The fraction of sp³-hybridized carbons (Fsp3) is 0. The van der Waals surface area contributed by atoms with E-state index in [1.54, 1.807) is 0 Å². The molecule has 2 heteroatoms. The Morgan fingerprint density at radius 3 is 2.45 bits per heavy atom. The first-order valence-corrected chi connectivity index (χ1v) is 7.28. The summed E-state index contributed by atoms with van der Waals surface area (Å²) in [7, 11) is 0. The summed E-state index contributed by atoms with van der Waals surface area (Å²) >= 11 is 0. The molecular weight excluding hydrogens is 268 g/mol. The Balaban J connectivity index is 1.75. The van der Waals surface area contributed by atoms with Crippen molar-refractivity contribution >= 4 is 34.0 Å². The van der Waals surface area contributed by atoms with Crippen molar-refractivity contribution < 1.29 is 0 Å². The van der Waals surface area contributed by atoms with Gasteiger partial charge in [-0.05, 0) is 35.9 Å². The van der Waals surface area contributed by atoms with E-state index >= 15 is 0 Å². The number of hydrogen-bond acceptors (Lipinski definition) is 2. The lowest BCUT2D eigenvalue weighted by Crippen LogP contribution is -1.84. The molecule has 0 saturated carbocycles. The van der Waals surface area contributed by atoms with E-state index in [1.165, 1.54) is 0 Å². The van der Waals surface area contributed by atoms with E-state index in [0.717, 1.165) is 33.1 Å². The van der Waals surface area contributed by atoms with Crippen LogP contribution in [0.15, 0.2) is 72.9 Å². The zero-order valence-electron chi connectivity index (χ0n) is 12.0. The van der Waals surface area contributed by atoms with Crippen LogP contribution >= 0.6 is 0 Å². The van der Waals surface area contributed by atoms with E-state index in [9.17, 15) is 0 Å². The van der Waals surface area contributed by atoms with Gasteiger partial charge in [0, 0.05) is 17.0 Å². The van der Waals surface area contributed by atoms with Crippen LogP contribution in [-0.2, 0) is 0 Å². The maximum absolute atomic E-state index is 4.67. The number of rotatable bonds is 2. The summed E-state index contributed by atoms with van der Waals surface area (Å²) in [6.07, 6.45) is 5.99. The maximum Gasteiger partial charge on any atom is 0.0709 e. The molecule has 0 unspecified atom stereocenters. The molecule has 4 rings (SSSR count). The van der Waals surface area contributed by atoms with Gasteiger partial charge in [0.05, 0.1) is 16.7 Å². The van der Waals surface area contributed by atoms with Crippen molar-refractivity contribution in [2.75, 3.05) is 0 Å². The molecule has 0 aliphatic carbocycles. The second-order valence-corrected chi connectivity index (χ2v) is 5.18. The minimum Gasteiger partial charge on any atom is -0.256 e. The Kier molecular flexibility index (Phi) is 3.13. The van der Waals surface area contributed by atoms with Gasteiger partial charge >= 0.3 is 0 Å². The van der Waals surface area contributed by atoms with Crippen LogP contribution < -0.4 is 0 Å². The van der Waals surface area contributed by atoms with Crippen molar-refractivity contribution in [2.45, 2.75) is 0 Å². The van der Waals surface area contributed by atoms with E-state index in [0.29, 0.717) is 0 Å². The predicted molar refractivity (Wildman–Crippen MR) is 92.4 cm³/mol. The zero-order chi connectivity index (χ0) is 14.8. The summed E-state index contributed by atoms with van der Waals surface area (Å²) < 4.78 is 0. The van der Waals surface area contributed by atoms with Crippen LogP contribution in [0.3, 0.4) is 0 Å². The third kappa shape index (κ3) is 2.35. The molecule has 0 atom stereocenters. The molecule has 0 N–H and O–H groups in total.